The second kappa shape index (κ2) is 8.18. The standard InChI is InChI=1S/C20H24N4O3/c1-15-7-3-4-8-17(15)21-20(25)16(2)22-11-13-23(14-12-22)18-9-5-6-10-19(18)24(26)27/h3-10,16H,11-14H2,1-2H3,(H,21,25). The molecule has 1 aliphatic rings. The number of nitrogens with zero attached hydrogens (tertiary/aromatic N) is 3. The average molecular weight is 368 g/mol. The van der Waals surface area contributed by atoms with Gasteiger partial charge in [0, 0.05) is 37.9 Å². The molecular weight excluding hydrogens is 344 g/mol. The number of nitro benzene ring substituents is 1. The van der Waals surface area contributed by atoms with E-state index in [1.807, 2.05) is 49.1 Å². The van der Waals surface area contributed by atoms with Gasteiger partial charge in [-0.05, 0) is 31.5 Å². The lowest BCUT2D eigenvalue weighted by Crippen LogP contribution is -2.53. The third-order valence-corrected chi connectivity index (χ3v) is 5.06. The number of aryl methyl sites for hydroxylation is 1. The highest BCUT2D eigenvalue weighted by Gasteiger charge is 2.28. The summed E-state index contributed by atoms with van der Waals surface area (Å²) in [5.41, 5.74) is 2.61. The predicted octanol–water partition coefficient (Wildman–Crippen LogP) is 3.05. The van der Waals surface area contributed by atoms with Crippen LogP contribution >= 0.6 is 0 Å². The average Bonchev–Trinajstić information content (AvgIpc) is 2.69. The summed E-state index contributed by atoms with van der Waals surface area (Å²) in [4.78, 5) is 27.6. The first kappa shape index (κ1) is 18.8. The minimum absolute atomic E-state index is 0.0385. The van der Waals surface area contributed by atoms with Crippen LogP contribution in [-0.4, -0.2) is 48.0 Å². The second-order valence-electron chi connectivity index (χ2n) is 6.75. The Morgan fingerprint density at radius 1 is 1.07 bits per heavy atom. The van der Waals surface area contributed by atoms with Crippen LogP contribution in [0, 0.1) is 17.0 Å². The smallest absolute Gasteiger partial charge is 0.292 e. The zero-order chi connectivity index (χ0) is 19.4. The van der Waals surface area contributed by atoms with Gasteiger partial charge in [0.1, 0.15) is 5.69 Å². The summed E-state index contributed by atoms with van der Waals surface area (Å²) < 4.78 is 0. The molecule has 1 amide bonds. The normalized spacial score (nSPS) is 16.0. The van der Waals surface area contributed by atoms with Gasteiger partial charge in [-0.1, -0.05) is 30.3 Å². The first-order chi connectivity index (χ1) is 13.0. The monoisotopic (exact) mass is 368 g/mol. The van der Waals surface area contributed by atoms with Crippen molar-refractivity contribution in [2.45, 2.75) is 19.9 Å². The SMILES string of the molecule is Cc1ccccc1NC(=O)C(C)N1CCN(c2ccccc2[N+](=O)[O-])CC1. The number of carbonyl (C=O) groups excluding carboxylic acids is 1. The number of carbonyl (C=O) groups is 1. The van der Waals surface area contributed by atoms with E-state index in [0.29, 0.717) is 31.9 Å². The summed E-state index contributed by atoms with van der Waals surface area (Å²) in [6.45, 7) is 6.50. The summed E-state index contributed by atoms with van der Waals surface area (Å²) in [6.07, 6.45) is 0. The quantitative estimate of drug-likeness (QED) is 0.648. The molecule has 0 aliphatic carbocycles. The Morgan fingerprint density at radius 2 is 1.70 bits per heavy atom. The third kappa shape index (κ3) is 4.25. The van der Waals surface area contributed by atoms with Gasteiger partial charge in [-0.15, -0.1) is 0 Å². The predicted molar refractivity (Wildman–Crippen MR) is 106 cm³/mol. The van der Waals surface area contributed by atoms with Crippen molar-refractivity contribution in [2.75, 3.05) is 36.4 Å². The first-order valence-corrected chi connectivity index (χ1v) is 9.06. The fourth-order valence-electron chi connectivity index (χ4n) is 3.35. The van der Waals surface area contributed by atoms with Gasteiger partial charge >= 0.3 is 0 Å². The molecule has 0 spiro atoms. The molecule has 1 N–H and O–H groups in total. The van der Waals surface area contributed by atoms with Crippen molar-refractivity contribution < 1.29 is 9.72 Å². The number of amides is 1. The second-order valence-corrected chi connectivity index (χ2v) is 6.75. The van der Waals surface area contributed by atoms with Crippen LogP contribution in [0.1, 0.15) is 12.5 Å². The molecule has 142 valence electrons. The van der Waals surface area contributed by atoms with Gasteiger partial charge in [-0.25, -0.2) is 0 Å². The van der Waals surface area contributed by atoms with Crippen molar-refractivity contribution in [2.24, 2.45) is 0 Å². The summed E-state index contributed by atoms with van der Waals surface area (Å²) in [6, 6.07) is 14.2. The number of anilines is 2. The molecule has 0 saturated carbocycles. The van der Waals surface area contributed by atoms with Gasteiger partial charge in [0.05, 0.1) is 11.0 Å². The van der Waals surface area contributed by atoms with E-state index in [2.05, 4.69) is 10.2 Å². The fraction of sp³-hybridized carbons (Fsp3) is 0.350. The molecule has 0 bridgehead atoms. The molecular formula is C20H24N4O3. The number of nitrogens with one attached hydrogen (secondary N) is 1. The summed E-state index contributed by atoms with van der Waals surface area (Å²) in [7, 11) is 0. The van der Waals surface area contributed by atoms with Crippen LogP contribution in [-0.2, 0) is 4.79 Å². The summed E-state index contributed by atoms with van der Waals surface area (Å²) >= 11 is 0. The Balaban J connectivity index is 1.61. The molecule has 7 heteroatoms. The van der Waals surface area contributed by atoms with Crippen molar-refractivity contribution in [1.82, 2.24) is 4.90 Å². The Hall–Kier alpha value is -2.93. The molecule has 3 rings (SSSR count). The lowest BCUT2D eigenvalue weighted by atomic mass is 10.1. The van der Waals surface area contributed by atoms with Crippen molar-refractivity contribution >= 4 is 23.0 Å². The van der Waals surface area contributed by atoms with Gasteiger partial charge in [0.25, 0.3) is 5.69 Å². The van der Waals surface area contributed by atoms with Crippen LogP contribution in [0.3, 0.4) is 0 Å². The lowest BCUT2D eigenvalue weighted by molar-refractivity contribution is -0.384. The largest absolute Gasteiger partial charge is 0.363 e. The van der Waals surface area contributed by atoms with Crippen molar-refractivity contribution in [3.8, 4) is 0 Å². The Labute approximate surface area is 158 Å². The van der Waals surface area contributed by atoms with E-state index < -0.39 is 0 Å². The minimum atomic E-state index is -0.347. The molecule has 0 radical (unpaired) electrons. The Bertz CT molecular complexity index is 831. The summed E-state index contributed by atoms with van der Waals surface area (Å²) in [5.74, 6) is -0.0385. The van der Waals surface area contributed by atoms with Gasteiger partial charge in [-0.3, -0.25) is 19.8 Å². The van der Waals surface area contributed by atoms with Gasteiger partial charge in [0.15, 0.2) is 0 Å². The molecule has 7 nitrogen and oxygen atoms in total. The maximum atomic E-state index is 12.6. The van der Waals surface area contributed by atoms with Crippen LogP contribution < -0.4 is 10.2 Å². The molecule has 1 unspecified atom stereocenters. The zero-order valence-corrected chi connectivity index (χ0v) is 15.6. The van der Waals surface area contributed by atoms with Gasteiger partial charge in [-0.2, -0.15) is 0 Å². The number of piperazine rings is 1. The van der Waals surface area contributed by atoms with E-state index in [-0.39, 0.29) is 22.6 Å². The maximum absolute atomic E-state index is 12.6. The lowest BCUT2D eigenvalue weighted by Gasteiger charge is -2.38. The molecule has 1 saturated heterocycles. The third-order valence-electron chi connectivity index (χ3n) is 5.06. The molecule has 27 heavy (non-hydrogen) atoms. The van der Waals surface area contributed by atoms with Crippen LogP contribution in [0.5, 0.6) is 0 Å². The summed E-state index contributed by atoms with van der Waals surface area (Å²) in [5, 5.41) is 14.2. The molecule has 2 aromatic carbocycles. The number of benzene rings is 2. The molecule has 1 heterocycles. The van der Waals surface area contributed by atoms with Crippen LogP contribution in [0.15, 0.2) is 48.5 Å². The molecule has 1 aliphatic heterocycles. The van der Waals surface area contributed by atoms with E-state index in [9.17, 15) is 14.9 Å². The number of rotatable bonds is 5. The molecule has 1 fully saturated rings. The Kier molecular flexibility index (Phi) is 5.71. The maximum Gasteiger partial charge on any atom is 0.292 e. The highest BCUT2D eigenvalue weighted by molar-refractivity contribution is 5.95. The minimum Gasteiger partial charge on any atom is -0.363 e. The number of nitro groups is 1. The number of hydrogen-bond acceptors (Lipinski definition) is 5. The van der Waals surface area contributed by atoms with E-state index >= 15 is 0 Å². The molecule has 2 aromatic rings. The van der Waals surface area contributed by atoms with Crippen LogP contribution in [0.4, 0.5) is 17.1 Å². The van der Waals surface area contributed by atoms with Crippen LogP contribution in [0.25, 0.3) is 0 Å². The number of para-hydroxylation sites is 3. The van der Waals surface area contributed by atoms with Crippen LogP contribution in [0.2, 0.25) is 0 Å². The molecule has 0 aromatic heterocycles. The van der Waals surface area contributed by atoms with Gasteiger partial charge < -0.3 is 10.2 Å². The first-order valence-electron chi connectivity index (χ1n) is 9.06. The van der Waals surface area contributed by atoms with Crippen molar-refractivity contribution in [3.05, 3.63) is 64.2 Å². The number of hydrogen-bond donors (Lipinski definition) is 1. The molecule has 1 atom stereocenters. The topological polar surface area (TPSA) is 78.7 Å². The zero-order valence-electron chi connectivity index (χ0n) is 15.6. The van der Waals surface area contributed by atoms with E-state index in [1.54, 1.807) is 12.1 Å². The van der Waals surface area contributed by atoms with E-state index in [0.717, 1.165) is 11.3 Å². The van der Waals surface area contributed by atoms with E-state index in [1.165, 1.54) is 6.07 Å². The van der Waals surface area contributed by atoms with Gasteiger partial charge in [0.2, 0.25) is 5.91 Å². The van der Waals surface area contributed by atoms with E-state index in [4.69, 9.17) is 0 Å². The van der Waals surface area contributed by atoms with Crippen molar-refractivity contribution in [1.29, 1.82) is 0 Å². The Morgan fingerprint density at radius 3 is 2.37 bits per heavy atom. The highest BCUT2D eigenvalue weighted by Crippen LogP contribution is 2.28. The fourth-order valence-corrected chi connectivity index (χ4v) is 3.35. The van der Waals surface area contributed by atoms with Crippen molar-refractivity contribution in [3.63, 3.8) is 0 Å². The highest BCUT2D eigenvalue weighted by atomic mass is 16.6.